The van der Waals surface area contributed by atoms with E-state index in [4.69, 9.17) is 0 Å². The van der Waals surface area contributed by atoms with Gasteiger partial charge < -0.3 is 10.6 Å². The molecule has 2 atom stereocenters. The van der Waals surface area contributed by atoms with Crippen molar-refractivity contribution in [1.82, 2.24) is 10.6 Å². The number of hydrogen-bond donors (Lipinski definition) is 2. The third-order valence-corrected chi connectivity index (χ3v) is 3.01. The molecule has 2 N–H and O–H groups in total. The summed E-state index contributed by atoms with van der Waals surface area (Å²) >= 11 is 0. The second-order valence-electron chi connectivity index (χ2n) is 5.07. The SMILES string of the molecule is CC(C)CCNC(C)CC1CCCN1. The van der Waals surface area contributed by atoms with Crippen LogP contribution in [0.3, 0.4) is 0 Å². The van der Waals surface area contributed by atoms with E-state index in [9.17, 15) is 0 Å². The third-order valence-electron chi connectivity index (χ3n) is 3.01. The monoisotopic (exact) mass is 198 g/mol. The van der Waals surface area contributed by atoms with Gasteiger partial charge in [0.25, 0.3) is 0 Å². The summed E-state index contributed by atoms with van der Waals surface area (Å²) < 4.78 is 0. The van der Waals surface area contributed by atoms with Crippen molar-refractivity contribution in [3.63, 3.8) is 0 Å². The van der Waals surface area contributed by atoms with Crippen LogP contribution >= 0.6 is 0 Å². The van der Waals surface area contributed by atoms with Crippen LogP contribution in [-0.2, 0) is 0 Å². The van der Waals surface area contributed by atoms with Crippen LogP contribution < -0.4 is 10.6 Å². The van der Waals surface area contributed by atoms with Crippen molar-refractivity contribution < 1.29 is 0 Å². The van der Waals surface area contributed by atoms with Gasteiger partial charge in [0.1, 0.15) is 0 Å². The van der Waals surface area contributed by atoms with Crippen molar-refractivity contribution in [2.24, 2.45) is 5.92 Å². The second-order valence-corrected chi connectivity index (χ2v) is 5.07. The molecular formula is C12H26N2. The van der Waals surface area contributed by atoms with Gasteiger partial charge >= 0.3 is 0 Å². The van der Waals surface area contributed by atoms with Gasteiger partial charge in [0.05, 0.1) is 0 Å². The maximum atomic E-state index is 3.60. The Morgan fingerprint density at radius 3 is 2.71 bits per heavy atom. The zero-order chi connectivity index (χ0) is 10.4. The highest BCUT2D eigenvalue weighted by atomic mass is 15.0. The van der Waals surface area contributed by atoms with E-state index >= 15 is 0 Å². The van der Waals surface area contributed by atoms with Gasteiger partial charge in [-0.2, -0.15) is 0 Å². The molecule has 1 saturated heterocycles. The van der Waals surface area contributed by atoms with E-state index in [2.05, 4.69) is 31.4 Å². The molecule has 0 amide bonds. The first-order valence-electron chi connectivity index (χ1n) is 6.15. The molecule has 14 heavy (non-hydrogen) atoms. The maximum Gasteiger partial charge on any atom is 0.00822 e. The first-order valence-corrected chi connectivity index (χ1v) is 6.15. The molecule has 2 nitrogen and oxygen atoms in total. The number of hydrogen-bond acceptors (Lipinski definition) is 2. The molecule has 2 heteroatoms. The number of rotatable bonds is 6. The average Bonchev–Trinajstić information content (AvgIpc) is 2.56. The van der Waals surface area contributed by atoms with Crippen molar-refractivity contribution in [3.8, 4) is 0 Å². The Bertz CT molecular complexity index is 139. The van der Waals surface area contributed by atoms with Gasteiger partial charge in [-0.3, -0.25) is 0 Å². The summed E-state index contributed by atoms with van der Waals surface area (Å²) in [6.45, 7) is 9.27. The fourth-order valence-corrected chi connectivity index (χ4v) is 2.09. The average molecular weight is 198 g/mol. The van der Waals surface area contributed by atoms with Crippen molar-refractivity contribution >= 4 is 0 Å². The van der Waals surface area contributed by atoms with Crippen LogP contribution in [0.5, 0.6) is 0 Å². The van der Waals surface area contributed by atoms with Gasteiger partial charge in [-0.05, 0) is 51.6 Å². The lowest BCUT2D eigenvalue weighted by Crippen LogP contribution is -2.34. The van der Waals surface area contributed by atoms with E-state index in [1.807, 2.05) is 0 Å². The minimum atomic E-state index is 0.671. The summed E-state index contributed by atoms with van der Waals surface area (Å²) in [6, 6.07) is 1.45. The standard InChI is InChI=1S/C12H26N2/c1-10(2)6-8-13-11(3)9-12-5-4-7-14-12/h10-14H,4-9H2,1-3H3. The van der Waals surface area contributed by atoms with Crippen molar-refractivity contribution in [1.29, 1.82) is 0 Å². The fraction of sp³-hybridized carbons (Fsp3) is 1.00. The summed E-state index contributed by atoms with van der Waals surface area (Å²) in [4.78, 5) is 0. The van der Waals surface area contributed by atoms with Gasteiger partial charge in [-0.15, -0.1) is 0 Å². The van der Waals surface area contributed by atoms with Crippen LogP contribution in [0.1, 0.15) is 46.5 Å². The second kappa shape index (κ2) is 6.41. The lowest BCUT2D eigenvalue weighted by Gasteiger charge is -2.18. The summed E-state index contributed by atoms with van der Waals surface area (Å²) in [5.74, 6) is 0.819. The molecule has 1 fully saturated rings. The molecule has 0 aliphatic carbocycles. The van der Waals surface area contributed by atoms with Crippen LogP contribution in [0.4, 0.5) is 0 Å². The third kappa shape index (κ3) is 4.97. The summed E-state index contributed by atoms with van der Waals surface area (Å²) in [7, 11) is 0. The first kappa shape index (κ1) is 12.0. The Balaban J connectivity index is 2.00. The first-order chi connectivity index (χ1) is 6.68. The van der Waals surface area contributed by atoms with Crippen LogP contribution in [0.25, 0.3) is 0 Å². The molecule has 0 radical (unpaired) electrons. The Kier molecular flexibility index (Phi) is 5.49. The van der Waals surface area contributed by atoms with Gasteiger partial charge in [-0.1, -0.05) is 13.8 Å². The molecule has 0 saturated carbocycles. The summed E-state index contributed by atoms with van der Waals surface area (Å²) in [5.41, 5.74) is 0. The number of nitrogens with one attached hydrogen (secondary N) is 2. The van der Waals surface area contributed by atoms with Crippen LogP contribution in [0.2, 0.25) is 0 Å². The van der Waals surface area contributed by atoms with Gasteiger partial charge in [0.2, 0.25) is 0 Å². The summed E-state index contributed by atoms with van der Waals surface area (Å²) in [5, 5.41) is 7.15. The maximum absolute atomic E-state index is 3.60. The largest absolute Gasteiger partial charge is 0.314 e. The van der Waals surface area contributed by atoms with Crippen molar-refractivity contribution in [2.45, 2.75) is 58.5 Å². The highest BCUT2D eigenvalue weighted by molar-refractivity contribution is 4.78. The molecule has 0 aromatic carbocycles. The molecule has 1 aliphatic heterocycles. The lowest BCUT2D eigenvalue weighted by atomic mass is 10.1. The highest BCUT2D eigenvalue weighted by Gasteiger charge is 2.16. The van der Waals surface area contributed by atoms with Crippen LogP contribution in [-0.4, -0.2) is 25.2 Å². The van der Waals surface area contributed by atoms with Crippen molar-refractivity contribution in [3.05, 3.63) is 0 Å². The van der Waals surface area contributed by atoms with E-state index in [1.54, 1.807) is 0 Å². The van der Waals surface area contributed by atoms with Gasteiger partial charge in [-0.25, -0.2) is 0 Å². The predicted molar refractivity (Wildman–Crippen MR) is 62.6 cm³/mol. The molecule has 1 rings (SSSR count). The molecule has 0 spiro atoms. The van der Waals surface area contributed by atoms with Gasteiger partial charge in [0, 0.05) is 12.1 Å². The van der Waals surface area contributed by atoms with Crippen LogP contribution in [0, 0.1) is 5.92 Å². The Morgan fingerprint density at radius 1 is 1.36 bits per heavy atom. The quantitative estimate of drug-likeness (QED) is 0.683. The molecule has 1 heterocycles. The van der Waals surface area contributed by atoms with Gasteiger partial charge in [0.15, 0.2) is 0 Å². The van der Waals surface area contributed by atoms with E-state index < -0.39 is 0 Å². The Hall–Kier alpha value is -0.0800. The van der Waals surface area contributed by atoms with E-state index in [0.29, 0.717) is 6.04 Å². The van der Waals surface area contributed by atoms with Crippen molar-refractivity contribution in [2.75, 3.05) is 13.1 Å². The smallest absolute Gasteiger partial charge is 0.00822 e. The molecule has 1 aliphatic rings. The Morgan fingerprint density at radius 2 is 2.14 bits per heavy atom. The van der Waals surface area contributed by atoms with Crippen LogP contribution in [0.15, 0.2) is 0 Å². The normalized spacial score (nSPS) is 24.4. The zero-order valence-electron chi connectivity index (χ0n) is 9.97. The molecule has 84 valence electrons. The van der Waals surface area contributed by atoms with E-state index in [1.165, 1.54) is 38.8 Å². The molecule has 2 unspecified atom stereocenters. The predicted octanol–water partition coefficient (Wildman–Crippen LogP) is 2.15. The lowest BCUT2D eigenvalue weighted by molar-refractivity contribution is 0.423. The highest BCUT2D eigenvalue weighted by Crippen LogP contribution is 2.10. The summed E-state index contributed by atoms with van der Waals surface area (Å²) in [6.07, 6.45) is 5.32. The topological polar surface area (TPSA) is 24.1 Å². The zero-order valence-corrected chi connectivity index (χ0v) is 9.97. The molecular weight excluding hydrogens is 172 g/mol. The Labute approximate surface area is 88.8 Å². The molecule has 0 aromatic heterocycles. The minimum absolute atomic E-state index is 0.671. The van der Waals surface area contributed by atoms with E-state index in [-0.39, 0.29) is 0 Å². The fourth-order valence-electron chi connectivity index (χ4n) is 2.09. The molecule has 0 aromatic rings. The molecule has 0 bridgehead atoms. The minimum Gasteiger partial charge on any atom is -0.314 e. The van der Waals surface area contributed by atoms with E-state index in [0.717, 1.165) is 12.0 Å².